The van der Waals surface area contributed by atoms with Gasteiger partial charge in [0.25, 0.3) is 0 Å². The summed E-state index contributed by atoms with van der Waals surface area (Å²) in [7, 11) is 0. The van der Waals surface area contributed by atoms with Gasteiger partial charge in [-0.2, -0.15) is 0 Å². The highest BCUT2D eigenvalue weighted by atomic mass is 35.5. The van der Waals surface area contributed by atoms with Crippen LogP contribution in [0, 0.1) is 0 Å². The molecule has 0 saturated heterocycles. The molecule has 2 N–H and O–H groups in total. The van der Waals surface area contributed by atoms with Gasteiger partial charge in [-0.1, -0.05) is 48.0 Å². The number of nitrogens with one attached hydrogen (secondary N) is 1. The van der Waals surface area contributed by atoms with Crippen molar-refractivity contribution in [1.82, 2.24) is 0 Å². The largest absolute Gasteiger partial charge is 0.506 e. The van der Waals surface area contributed by atoms with Gasteiger partial charge >= 0.3 is 0 Å². The summed E-state index contributed by atoms with van der Waals surface area (Å²) in [4.78, 5) is 0. The number of phenolic OH excluding ortho intramolecular Hbond substituents is 1. The lowest BCUT2D eigenvalue weighted by Crippen LogP contribution is -1.99. The second kappa shape index (κ2) is 5.43. The number of hydrogen-bond donors (Lipinski definition) is 2. The van der Waals surface area contributed by atoms with Crippen LogP contribution in [0.2, 0.25) is 5.02 Å². The molecule has 100 valence electrons. The molecule has 3 aromatic carbocycles. The number of fused-ring (bicyclic) bond motifs is 1. The van der Waals surface area contributed by atoms with Gasteiger partial charge in [-0.25, -0.2) is 0 Å². The number of halogens is 1. The fourth-order valence-corrected chi connectivity index (χ4v) is 2.35. The zero-order valence-electron chi connectivity index (χ0n) is 10.8. The standard InChI is InChI=1S/C17H14ClNO/c18-16-10-15(7-8-17(16)20)19-11-12-5-6-13-3-1-2-4-14(13)9-12/h1-10,19-20H,11H2. The van der Waals surface area contributed by atoms with Crippen molar-refractivity contribution >= 4 is 28.1 Å². The van der Waals surface area contributed by atoms with E-state index in [-0.39, 0.29) is 5.75 Å². The first kappa shape index (κ1) is 12.8. The number of phenols is 1. The molecular weight excluding hydrogens is 270 g/mol. The van der Waals surface area contributed by atoms with E-state index >= 15 is 0 Å². The number of hydrogen-bond acceptors (Lipinski definition) is 2. The molecule has 2 nitrogen and oxygen atoms in total. The molecule has 3 heteroatoms. The van der Waals surface area contributed by atoms with Gasteiger partial charge in [0.2, 0.25) is 0 Å². The van der Waals surface area contributed by atoms with Crippen LogP contribution in [0.3, 0.4) is 0 Å². The summed E-state index contributed by atoms with van der Waals surface area (Å²) >= 11 is 5.88. The summed E-state index contributed by atoms with van der Waals surface area (Å²) in [6, 6.07) is 19.8. The van der Waals surface area contributed by atoms with Crippen molar-refractivity contribution in [3.63, 3.8) is 0 Å². The molecule has 0 amide bonds. The maximum Gasteiger partial charge on any atom is 0.134 e. The summed E-state index contributed by atoms with van der Waals surface area (Å²) in [5, 5.41) is 15.5. The van der Waals surface area contributed by atoms with E-state index in [1.807, 2.05) is 18.2 Å². The average Bonchev–Trinajstić information content (AvgIpc) is 2.48. The van der Waals surface area contributed by atoms with Crippen molar-refractivity contribution in [3.05, 3.63) is 71.2 Å². The molecule has 0 bridgehead atoms. The summed E-state index contributed by atoms with van der Waals surface area (Å²) < 4.78 is 0. The Labute approximate surface area is 122 Å². The molecule has 0 radical (unpaired) electrons. The van der Waals surface area contributed by atoms with E-state index in [1.54, 1.807) is 12.1 Å². The van der Waals surface area contributed by atoms with Crippen molar-refractivity contribution in [1.29, 1.82) is 0 Å². The SMILES string of the molecule is Oc1ccc(NCc2ccc3ccccc3c2)cc1Cl. The Kier molecular flexibility index (Phi) is 3.48. The minimum absolute atomic E-state index is 0.0999. The Morgan fingerprint density at radius 2 is 1.70 bits per heavy atom. The predicted molar refractivity (Wildman–Crippen MR) is 84.4 cm³/mol. The fraction of sp³-hybridized carbons (Fsp3) is 0.0588. The van der Waals surface area contributed by atoms with Crippen molar-refractivity contribution in [3.8, 4) is 5.75 Å². The third-order valence-corrected chi connectivity index (χ3v) is 3.56. The Morgan fingerprint density at radius 3 is 2.50 bits per heavy atom. The third kappa shape index (κ3) is 2.70. The molecule has 0 aliphatic heterocycles. The van der Waals surface area contributed by atoms with Gasteiger partial charge in [0.05, 0.1) is 5.02 Å². The van der Waals surface area contributed by atoms with Gasteiger partial charge in [-0.05, 0) is 40.6 Å². The molecule has 0 unspecified atom stereocenters. The molecule has 0 fully saturated rings. The van der Waals surface area contributed by atoms with E-state index in [4.69, 9.17) is 11.6 Å². The average molecular weight is 284 g/mol. The van der Waals surface area contributed by atoms with Crippen LogP contribution in [-0.4, -0.2) is 5.11 Å². The maximum atomic E-state index is 9.39. The van der Waals surface area contributed by atoms with Gasteiger partial charge < -0.3 is 10.4 Å². The summed E-state index contributed by atoms with van der Waals surface area (Å²) in [6.07, 6.45) is 0. The van der Waals surface area contributed by atoms with Gasteiger partial charge in [0.15, 0.2) is 0 Å². The van der Waals surface area contributed by atoms with Crippen LogP contribution in [0.5, 0.6) is 5.75 Å². The van der Waals surface area contributed by atoms with Gasteiger partial charge in [-0.3, -0.25) is 0 Å². The van der Waals surface area contributed by atoms with E-state index in [1.165, 1.54) is 16.3 Å². The summed E-state index contributed by atoms with van der Waals surface area (Å²) in [6.45, 7) is 0.714. The van der Waals surface area contributed by atoms with Crippen LogP contribution >= 0.6 is 11.6 Å². The molecule has 3 rings (SSSR count). The normalized spacial score (nSPS) is 10.7. The highest BCUT2D eigenvalue weighted by Gasteiger charge is 2.00. The number of benzene rings is 3. The van der Waals surface area contributed by atoms with Crippen molar-refractivity contribution in [2.24, 2.45) is 0 Å². The lowest BCUT2D eigenvalue weighted by Gasteiger charge is -2.08. The third-order valence-electron chi connectivity index (χ3n) is 3.26. The maximum absolute atomic E-state index is 9.39. The highest BCUT2D eigenvalue weighted by molar-refractivity contribution is 6.32. The first-order valence-electron chi connectivity index (χ1n) is 6.42. The Balaban J connectivity index is 1.77. The summed E-state index contributed by atoms with van der Waals surface area (Å²) in [5.74, 6) is 0.0999. The van der Waals surface area contributed by atoms with Gasteiger partial charge in [0.1, 0.15) is 5.75 Å². The lowest BCUT2D eigenvalue weighted by atomic mass is 10.1. The van der Waals surface area contributed by atoms with Crippen LogP contribution in [0.15, 0.2) is 60.7 Å². The molecule has 0 aliphatic carbocycles. The van der Waals surface area contributed by atoms with E-state index in [2.05, 4.69) is 35.6 Å². The van der Waals surface area contributed by atoms with Crippen molar-refractivity contribution in [2.45, 2.75) is 6.54 Å². The molecular formula is C17H14ClNO. The topological polar surface area (TPSA) is 32.3 Å². The van der Waals surface area contributed by atoms with E-state index < -0.39 is 0 Å². The Morgan fingerprint density at radius 1 is 0.900 bits per heavy atom. The molecule has 0 atom stereocenters. The van der Waals surface area contributed by atoms with Gasteiger partial charge in [-0.15, -0.1) is 0 Å². The van der Waals surface area contributed by atoms with Crippen molar-refractivity contribution in [2.75, 3.05) is 5.32 Å². The molecule has 0 aromatic heterocycles. The van der Waals surface area contributed by atoms with E-state index in [0.717, 1.165) is 5.69 Å². The predicted octanol–water partition coefficient (Wildman–Crippen LogP) is 4.81. The van der Waals surface area contributed by atoms with Gasteiger partial charge in [0, 0.05) is 12.2 Å². The first-order chi connectivity index (χ1) is 9.72. The fourth-order valence-electron chi connectivity index (χ4n) is 2.17. The second-order valence-electron chi connectivity index (χ2n) is 4.70. The Hall–Kier alpha value is -2.19. The van der Waals surface area contributed by atoms with E-state index in [9.17, 15) is 5.11 Å². The zero-order valence-corrected chi connectivity index (χ0v) is 11.6. The molecule has 20 heavy (non-hydrogen) atoms. The molecule has 3 aromatic rings. The molecule has 0 heterocycles. The monoisotopic (exact) mass is 283 g/mol. The Bertz CT molecular complexity index is 755. The van der Waals surface area contributed by atoms with Crippen LogP contribution in [0.1, 0.15) is 5.56 Å². The zero-order chi connectivity index (χ0) is 13.9. The number of anilines is 1. The van der Waals surface area contributed by atoms with Crippen molar-refractivity contribution < 1.29 is 5.11 Å². The molecule has 0 saturated carbocycles. The van der Waals surface area contributed by atoms with Crippen LogP contribution in [0.25, 0.3) is 10.8 Å². The smallest absolute Gasteiger partial charge is 0.134 e. The molecule has 0 spiro atoms. The van der Waals surface area contributed by atoms with Crippen LogP contribution in [-0.2, 0) is 6.54 Å². The van der Waals surface area contributed by atoms with Crippen LogP contribution in [0.4, 0.5) is 5.69 Å². The first-order valence-corrected chi connectivity index (χ1v) is 6.80. The molecule has 0 aliphatic rings. The number of rotatable bonds is 3. The minimum Gasteiger partial charge on any atom is -0.506 e. The quantitative estimate of drug-likeness (QED) is 0.676. The minimum atomic E-state index is 0.0999. The second-order valence-corrected chi connectivity index (χ2v) is 5.11. The van der Waals surface area contributed by atoms with Crippen LogP contribution < -0.4 is 5.32 Å². The van der Waals surface area contributed by atoms with E-state index in [0.29, 0.717) is 11.6 Å². The summed E-state index contributed by atoms with van der Waals surface area (Å²) in [5.41, 5.74) is 2.09. The highest BCUT2D eigenvalue weighted by Crippen LogP contribution is 2.26. The number of aromatic hydroxyl groups is 1. The lowest BCUT2D eigenvalue weighted by molar-refractivity contribution is 0.475.